The summed E-state index contributed by atoms with van der Waals surface area (Å²) in [5.41, 5.74) is -1.87. The highest BCUT2D eigenvalue weighted by Crippen LogP contribution is 2.30. The lowest BCUT2D eigenvalue weighted by atomic mass is 10.1. The third-order valence-corrected chi connectivity index (χ3v) is 3.57. The number of hydrogen-bond donors (Lipinski definition) is 2. The molecule has 0 aromatic heterocycles. The number of halogens is 4. The molecule has 0 unspecified atom stereocenters. The minimum atomic E-state index is -1.87. The highest BCUT2D eigenvalue weighted by Gasteiger charge is 2.33. The highest BCUT2D eigenvalue weighted by atomic mass is 19.2. The van der Waals surface area contributed by atoms with Crippen LogP contribution >= 0.6 is 0 Å². The molecular weight excluding hydrogens is 378 g/mol. The molecule has 0 aliphatic carbocycles. The van der Waals surface area contributed by atoms with Crippen molar-refractivity contribution < 1.29 is 41.8 Å². The first kappa shape index (κ1) is 20.3. The lowest BCUT2D eigenvalue weighted by Gasteiger charge is -2.24. The Kier molecular flexibility index (Phi) is 6.10. The summed E-state index contributed by atoms with van der Waals surface area (Å²) in [7, 11) is 1.01. The van der Waals surface area contributed by atoms with Gasteiger partial charge in [-0.1, -0.05) is 0 Å². The first-order valence-electron chi connectivity index (χ1n) is 7.44. The van der Waals surface area contributed by atoms with Gasteiger partial charge in [0.25, 0.3) is 5.91 Å². The molecule has 27 heavy (non-hydrogen) atoms. The van der Waals surface area contributed by atoms with Crippen LogP contribution in [0.1, 0.15) is 12.8 Å². The Balaban J connectivity index is 2.39. The van der Waals surface area contributed by atoms with Crippen molar-refractivity contribution in [3.8, 4) is 0 Å². The second kappa shape index (κ2) is 8.12. The predicted octanol–water partition coefficient (Wildman–Crippen LogP) is 0.376. The number of nitrogens with one attached hydrogen (secondary N) is 1. The maximum Gasteiger partial charge on any atom is 0.330 e. The number of hydrazone groups is 1. The van der Waals surface area contributed by atoms with Gasteiger partial charge in [0.1, 0.15) is 11.4 Å². The quantitative estimate of drug-likeness (QED) is 0.429. The first-order valence-corrected chi connectivity index (χ1v) is 7.44. The Morgan fingerprint density at radius 2 is 1.85 bits per heavy atom. The van der Waals surface area contributed by atoms with E-state index in [2.05, 4.69) is 15.2 Å². The lowest BCUT2D eigenvalue weighted by molar-refractivity contribution is -0.145. The summed E-state index contributed by atoms with van der Waals surface area (Å²) >= 11 is 0. The largest absolute Gasteiger partial charge is 0.467 e. The van der Waals surface area contributed by atoms with Gasteiger partial charge in [0, 0.05) is 18.9 Å². The fourth-order valence-corrected chi connectivity index (χ4v) is 2.20. The van der Waals surface area contributed by atoms with E-state index in [1.165, 1.54) is 0 Å². The molecule has 1 aromatic carbocycles. The van der Waals surface area contributed by atoms with E-state index in [0.717, 1.165) is 7.11 Å². The van der Waals surface area contributed by atoms with E-state index in [1.54, 1.807) is 0 Å². The number of benzene rings is 1. The second-order valence-corrected chi connectivity index (χ2v) is 5.30. The monoisotopic (exact) mass is 391 g/mol. The number of rotatable bonds is 5. The molecule has 1 aromatic rings. The van der Waals surface area contributed by atoms with Crippen molar-refractivity contribution in [2.45, 2.75) is 18.9 Å². The Labute approximate surface area is 149 Å². The number of carbonyl (C=O) groups excluding carboxylic acids is 3. The van der Waals surface area contributed by atoms with E-state index < -0.39 is 71.5 Å². The molecule has 0 saturated carbocycles. The van der Waals surface area contributed by atoms with Gasteiger partial charge in [-0.3, -0.25) is 9.59 Å². The number of nitrogens with zero attached hydrogens (tertiary/aromatic N) is 2. The maximum atomic E-state index is 13.9. The standard InChI is InChI=1S/C15H13F4N3O5/c1-27-15(26)9(5-23)20-14(25)8-2-3-10(24)22(21-8)13-11(18)6(16)4-7(17)12(13)19/h4,9,23H,2-3,5H2,1H3,(H,20,25)/t9-/m1/s1. The summed E-state index contributed by atoms with van der Waals surface area (Å²) in [4.78, 5) is 35.4. The minimum absolute atomic E-state index is 0.0396. The molecule has 12 heteroatoms. The van der Waals surface area contributed by atoms with Crippen molar-refractivity contribution in [2.75, 3.05) is 18.7 Å². The molecule has 2 N–H and O–H groups in total. The van der Waals surface area contributed by atoms with Gasteiger partial charge < -0.3 is 15.2 Å². The Morgan fingerprint density at radius 1 is 1.26 bits per heavy atom. The van der Waals surface area contributed by atoms with Crippen molar-refractivity contribution in [3.63, 3.8) is 0 Å². The van der Waals surface area contributed by atoms with Crippen molar-refractivity contribution in [2.24, 2.45) is 5.10 Å². The third-order valence-electron chi connectivity index (χ3n) is 3.57. The highest BCUT2D eigenvalue weighted by molar-refractivity contribution is 6.40. The van der Waals surface area contributed by atoms with Crippen LogP contribution in [0.4, 0.5) is 23.2 Å². The molecule has 0 radical (unpaired) electrons. The normalized spacial score (nSPS) is 15.3. The SMILES string of the molecule is COC(=O)[C@@H](CO)NC(=O)C1=NN(c2c(F)c(F)cc(F)c2F)C(=O)CC1. The van der Waals surface area contributed by atoms with Crippen LogP contribution in [-0.4, -0.2) is 48.4 Å². The van der Waals surface area contributed by atoms with Crippen molar-refractivity contribution in [3.05, 3.63) is 29.3 Å². The first-order chi connectivity index (χ1) is 12.7. The summed E-state index contributed by atoms with van der Waals surface area (Å²) in [5, 5.41) is 14.6. The molecule has 1 heterocycles. The Morgan fingerprint density at radius 3 is 2.37 bits per heavy atom. The number of methoxy groups -OCH3 is 1. The molecule has 146 valence electrons. The van der Waals surface area contributed by atoms with Crippen LogP contribution in [0.25, 0.3) is 0 Å². The average molecular weight is 391 g/mol. The van der Waals surface area contributed by atoms with E-state index in [0.29, 0.717) is 0 Å². The van der Waals surface area contributed by atoms with E-state index in [-0.39, 0.29) is 17.5 Å². The van der Waals surface area contributed by atoms with Crippen LogP contribution in [-0.2, 0) is 19.1 Å². The lowest BCUT2D eigenvalue weighted by Crippen LogP contribution is -2.48. The molecule has 2 rings (SSSR count). The molecule has 8 nitrogen and oxygen atoms in total. The minimum Gasteiger partial charge on any atom is -0.467 e. The van der Waals surface area contributed by atoms with Crippen molar-refractivity contribution in [1.82, 2.24) is 5.32 Å². The summed E-state index contributed by atoms with van der Waals surface area (Å²) in [6, 6.07) is -1.49. The van der Waals surface area contributed by atoms with Crippen LogP contribution in [0.2, 0.25) is 0 Å². The van der Waals surface area contributed by atoms with Crippen LogP contribution in [0, 0.1) is 23.3 Å². The van der Waals surface area contributed by atoms with Gasteiger partial charge in [0.2, 0.25) is 5.91 Å². The fourth-order valence-electron chi connectivity index (χ4n) is 2.20. The Hall–Kier alpha value is -3.02. The molecule has 0 saturated heterocycles. The van der Waals surface area contributed by atoms with Gasteiger partial charge in [0.15, 0.2) is 29.3 Å². The molecule has 2 amide bonds. The Bertz CT molecular complexity index is 804. The number of esters is 1. The fraction of sp³-hybridized carbons (Fsp3) is 0.333. The average Bonchev–Trinajstić information content (AvgIpc) is 2.65. The summed E-state index contributed by atoms with van der Waals surface area (Å²) in [5.74, 6) is -10.3. The maximum absolute atomic E-state index is 13.9. The van der Waals surface area contributed by atoms with Crippen LogP contribution < -0.4 is 10.3 Å². The van der Waals surface area contributed by atoms with Crippen molar-refractivity contribution >= 4 is 29.2 Å². The van der Waals surface area contributed by atoms with Gasteiger partial charge in [-0.15, -0.1) is 0 Å². The second-order valence-electron chi connectivity index (χ2n) is 5.30. The summed E-state index contributed by atoms with van der Waals surface area (Å²) < 4.78 is 58.9. The zero-order valence-corrected chi connectivity index (χ0v) is 13.8. The van der Waals surface area contributed by atoms with Gasteiger partial charge in [0.05, 0.1) is 13.7 Å². The summed E-state index contributed by atoms with van der Waals surface area (Å²) in [6.45, 7) is -0.813. The number of amides is 2. The van der Waals surface area contributed by atoms with Gasteiger partial charge in [-0.25, -0.2) is 22.4 Å². The molecule has 1 atom stereocenters. The molecule has 0 fully saturated rings. The van der Waals surface area contributed by atoms with E-state index in [4.69, 9.17) is 5.11 Å². The van der Waals surface area contributed by atoms with Gasteiger partial charge in [-0.05, 0) is 0 Å². The van der Waals surface area contributed by atoms with Gasteiger partial charge in [-0.2, -0.15) is 10.1 Å². The number of carbonyl (C=O) groups is 3. The zero-order chi connectivity index (χ0) is 20.3. The summed E-state index contributed by atoms with van der Waals surface area (Å²) in [6.07, 6.45) is -0.729. The van der Waals surface area contributed by atoms with E-state index >= 15 is 0 Å². The predicted molar refractivity (Wildman–Crippen MR) is 81.5 cm³/mol. The van der Waals surface area contributed by atoms with Crippen LogP contribution in [0.3, 0.4) is 0 Å². The molecule has 1 aliphatic rings. The molecule has 0 bridgehead atoms. The van der Waals surface area contributed by atoms with Crippen molar-refractivity contribution in [1.29, 1.82) is 0 Å². The van der Waals surface area contributed by atoms with Gasteiger partial charge >= 0.3 is 5.97 Å². The smallest absolute Gasteiger partial charge is 0.330 e. The zero-order valence-electron chi connectivity index (χ0n) is 13.8. The van der Waals surface area contributed by atoms with Crippen LogP contribution in [0.15, 0.2) is 11.2 Å². The van der Waals surface area contributed by atoms with E-state index in [9.17, 15) is 31.9 Å². The number of aliphatic hydroxyl groups is 1. The number of anilines is 1. The molecular formula is C15H13F4N3O5. The number of hydrogen-bond acceptors (Lipinski definition) is 6. The molecule has 0 spiro atoms. The number of ether oxygens (including phenoxy) is 1. The number of aliphatic hydroxyl groups excluding tert-OH is 1. The van der Waals surface area contributed by atoms with Crippen LogP contribution in [0.5, 0.6) is 0 Å². The van der Waals surface area contributed by atoms with E-state index in [1.807, 2.05) is 0 Å². The topological polar surface area (TPSA) is 108 Å². The third kappa shape index (κ3) is 4.05. The molecule has 1 aliphatic heterocycles.